The molecule has 27 heavy (non-hydrogen) atoms. The number of amides is 2. The fourth-order valence-corrected chi connectivity index (χ4v) is 2.77. The van der Waals surface area contributed by atoms with Crippen molar-refractivity contribution < 1.29 is 14.3 Å². The number of anilines is 2. The number of methoxy groups -OCH3 is 1. The third-order valence-corrected chi connectivity index (χ3v) is 4.72. The molecule has 2 rings (SSSR count). The standard InChI is InChI=1S/C22H28N2O3/c1-7-16-10-8-9-15(3)19(16)24-21(26)22(4,5)20(25)23-17-13-14(2)11-12-18(17)27-6/h8-13H,7H2,1-6H3,(H,23,25)(H,24,26). The highest BCUT2D eigenvalue weighted by atomic mass is 16.5. The highest BCUT2D eigenvalue weighted by Gasteiger charge is 2.37. The maximum Gasteiger partial charge on any atom is 0.239 e. The highest BCUT2D eigenvalue weighted by Crippen LogP contribution is 2.29. The van der Waals surface area contributed by atoms with Gasteiger partial charge in [-0.25, -0.2) is 0 Å². The monoisotopic (exact) mass is 368 g/mol. The van der Waals surface area contributed by atoms with Crippen LogP contribution in [0.1, 0.15) is 37.5 Å². The minimum atomic E-state index is -1.26. The Kier molecular flexibility index (Phi) is 6.26. The van der Waals surface area contributed by atoms with Gasteiger partial charge in [-0.3, -0.25) is 9.59 Å². The molecule has 0 radical (unpaired) electrons. The van der Waals surface area contributed by atoms with Crippen molar-refractivity contribution in [3.63, 3.8) is 0 Å². The van der Waals surface area contributed by atoms with Gasteiger partial charge < -0.3 is 15.4 Å². The van der Waals surface area contributed by atoms with E-state index in [4.69, 9.17) is 4.74 Å². The van der Waals surface area contributed by atoms with Crippen LogP contribution >= 0.6 is 0 Å². The van der Waals surface area contributed by atoms with Crippen LogP contribution in [0, 0.1) is 19.3 Å². The van der Waals surface area contributed by atoms with Crippen molar-refractivity contribution in [3.8, 4) is 5.75 Å². The van der Waals surface area contributed by atoms with Crippen molar-refractivity contribution in [1.82, 2.24) is 0 Å². The second-order valence-corrected chi connectivity index (χ2v) is 7.20. The van der Waals surface area contributed by atoms with E-state index in [1.165, 1.54) is 0 Å². The van der Waals surface area contributed by atoms with Crippen LogP contribution in [0.2, 0.25) is 0 Å². The first-order valence-corrected chi connectivity index (χ1v) is 9.06. The Hall–Kier alpha value is -2.82. The Labute approximate surface area is 161 Å². The van der Waals surface area contributed by atoms with E-state index in [1.54, 1.807) is 27.0 Å². The van der Waals surface area contributed by atoms with Gasteiger partial charge in [0.2, 0.25) is 11.8 Å². The summed E-state index contributed by atoms with van der Waals surface area (Å²) in [6, 6.07) is 11.4. The van der Waals surface area contributed by atoms with E-state index in [0.717, 1.165) is 28.8 Å². The summed E-state index contributed by atoms with van der Waals surface area (Å²) in [5.41, 5.74) is 3.06. The van der Waals surface area contributed by atoms with Gasteiger partial charge in [-0.2, -0.15) is 0 Å². The molecule has 144 valence electrons. The third-order valence-electron chi connectivity index (χ3n) is 4.72. The summed E-state index contributed by atoms with van der Waals surface area (Å²) >= 11 is 0. The van der Waals surface area contributed by atoms with Crippen LogP contribution in [0.4, 0.5) is 11.4 Å². The second kappa shape index (κ2) is 8.25. The molecule has 2 aromatic carbocycles. The van der Waals surface area contributed by atoms with Gasteiger partial charge >= 0.3 is 0 Å². The van der Waals surface area contributed by atoms with E-state index >= 15 is 0 Å². The Morgan fingerprint density at radius 3 is 2.33 bits per heavy atom. The van der Waals surface area contributed by atoms with Gasteiger partial charge in [0.15, 0.2) is 0 Å². The van der Waals surface area contributed by atoms with Crippen molar-refractivity contribution >= 4 is 23.2 Å². The molecule has 0 spiro atoms. The molecule has 0 aliphatic carbocycles. The molecule has 0 bridgehead atoms. The van der Waals surface area contributed by atoms with Crippen LogP contribution in [0.3, 0.4) is 0 Å². The van der Waals surface area contributed by atoms with Crippen LogP contribution in [-0.2, 0) is 16.0 Å². The molecule has 0 heterocycles. The summed E-state index contributed by atoms with van der Waals surface area (Å²) in [6.07, 6.45) is 0.796. The number of para-hydroxylation sites is 1. The van der Waals surface area contributed by atoms with E-state index in [2.05, 4.69) is 10.6 Å². The van der Waals surface area contributed by atoms with Crippen molar-refractivity contribution in [3.05, 3.63) is 53.1 Å². The Balaban J connectivity index is 2.24. The molecular formula is C22H28N2O3. The smallest absolute Gasteiger partial charge is 0.239 e. The first-order chi connectivity index (χ1) is 12.7. The van der Waals surface area contributed by atoms with Gasteiger partial charge in [0.25, 0.3) is 0 Å². The number of ether oxygens (including phenoxy) is 1. The molecule has 0 unspecified atom stereocenters. The molecule has 5 nitrogen and oxygen atoms in total. The normalized spacial score (nSPS) is 11.0. The number of aryl methyl sites for hydroxylation is 3. The van der Waals surface area contributed by atoms with E-state index < -0.39 is 11.3 Å². The SMILES string of the molecule is CCc1cccc(C)c1NC(=O)C(C)(C)C(=O)Nc1cc(C)ccc1OC. The lowest BCUT2D eigenvalue weighted by Gasteiger charge is -2.24. The molecule has 0 aromatic heterocycles. The van der Waals surface area contributed by atoms with Gasteiger partial charge in [0.1, 0.15) is 11.2 Å². The number of carbonyl (C=O) groups is 2. The largest absolute Gasteiger partial charge is 0.495 e. The van der Waals surface area contributed by atoms with Crippen LogP contribution in [0.5, 0.6) is 5.75 Å². The van der Waals surface area contributed by atoms with Crippen LogP contribution in [-0.4, -0.2) is 18.9 Å². The predicted octanol–water partition coefficient (Wildman–Crippen LogP) is 4.48. The Morgan fingerprint density at radius 2 is 1.70 bits per heavy atom. The summed E-state index contributed by atoms with van der Waals surface area (Å²) in [7, 11) is 1.54. The molecule has 0 atom stereocenters. The molecule has 0 aliphatic heterocycles. The average molecular weight is 368 g/mol. The molecule has 0 aliphatic rings. The number of rotatable bonds is 6. The number of benzene rings is 2. The van der Waals surface area contributed by atoms with Crippen LogP contribution in [0.25, 0.3) is 0 Å². The van der Waals surface area contributed by atoms with Crippen molar-refractivity contribution in [2.24, 2.45) is 5.41 Å². The van der Waals surface area contributed by atoms with Crippen LogP contribution < -0.4 is 15.4 Å². The Morgan fingerprint density at radius 1 is 1.04 bits per heavy atom. The van der Waals surface area contributed by atoms with Gasteiger partial charge in [-0.1, -0.05) is 31.2 Å². The first kappa shape index (κ1) is 20.5. The number of carbonyl (C=O) groups excluding carboxylic acids is 2. The van der Waals surface area contributed by atoms with Gasteiger partial charge in [-0.05, 0) is 62.9 Å². The first-order valence-electron chi connectivity index (χ1n) is 9.06. The Bertz CT molecular complexity index is 857. The van der Waals surface area contributed by atoms with Gasteiger partial charge in [-0.15, -0.1) is 0 Å². The summed E-state index contributed by atoms with van der Waals surface area (Å²) in [5.74, 6) is -0.191. The summed E-state index contributed by atoms with van der Waals surface area (Å²) in [5, 5.41) is 5.77. The van der Waals surface area contributed by atoms with E-state index in [-0.39, 0.29) is 5.91 Å². The van der Waals surface area contributed by atoms with Crippen molar-refractivity contribution in [1.29, 1.82) is 0 Å². The topological polar surface area (TPSA) is 67.4 Å². The van der Waals surface area contributed by atoms with Crippen molar-refractivity contribution in [2.45, 2.75) is 41.0 Å². The molecule has 2 N–H and O–H groups in total. The number of nitrogens with one attached hydrogen (secondary N) is 2. The minimum absolute atomic E-state index is 0.351. The molecule has 0 fully saturated rings. The lowest BCUT2D eigenvalue weighted by molar-refractivity contribution is -0.135. The van der Waals surface area contributed by atoms with Crippen molar-refractivity contribution in [2.75, 3.05) is 17.7 Å². The third kappa shape index (κ3) is 4.48. The quantitative estimate of drug-likeness (QED) is 0.739. The summed E-state index contributed by atoms with van der Waals surface area (Å²) in [4.78, 5) is 25.8. The zero-order valence-corrected chi connectivity index (χ0v) is 16.9. The molecule has 5 heteroatoms. The van der Waals surface area contributed by atoms with Crippen LogP contribution in [0.15, 0.2) is 36.4 Å². The van der Waals surface area contributed by atoms with E-state index in [1.807, 2.05) is 51.1 Å². The summed E-state index contributed by atoms with van der Waals surface area (Å²) in [6.45, 7) is 9.14. The van der Waals surface area contributed by atoms with Gasteiger partial charge in [0.05, 0.1) is 12.8 Å². The predicted molar refractivity (Wildman–Crippen MR) is 109 cm³/mol. The summed E-state index contributed by atoms with van der Waals surface area (Å²) < 4.78 is 5.30. The van der Waals surface area contributed by atoms with E-state index in [9.17, 15) is 9.59 Å². The zero-order chi connectivity index (χ0) is 20.2. The fraction of sp³-hybridized carbons (Fsp3) is 0.364. The average Bonchev–Trinajstić information content (AvgIpc) is 2.63. The lowest BCUT2D eigenvalue weighted by atomic mass is 9.90. The fourth-order valence-electron chi connectivity index (χ4n) is 2.77. The van der Waals surface area contributed by atoms with Gasteiger partial charge in [0, 0.05) is 5.69 Å². The highest BCUT2D eigenvalue weighted by molar-refractivity contribution is 6.14. The molecule has 2 amide bonds. The molecule has 0 saturated carbocycles. The maximum absolute atomic E-state index is 12.9. The van der Waals surface area contributed by atoms with E-state index in [0.29, 0.717) is 11.4 Å². The minimum Gasteiger partial charge on any atom is -0.495 e. The maximum atomic E-state index is 12.9. The number of hydrogen-bond acceptors (Lipinski definition) is 3. The zero-order valence-electron chi connectivity index (χ0n) is 16.9. The lowest BCUT2D eigenvalue weighted by Crippen LogP contribution is -2.42. The molecule has 0 saturated heterocycles. The molecular weight excluding hydrogens is 340 g/mol. The molecule has 2 aromatic rings. The second-order valence-electron chi connectivity index (χ2n) is 7.20. The number of hydrogen-bond donors (Lipinski definition) is 2.